The Morgan fingerprint density at radius 2 is 1.23 bits per heavy atom. The molecule has 0 aromatic heterocycles. The molecular formula is C39H54O4Si. The standard InChI is InChI=1S/C39H54O4Si/c1-31(34(27-26-32(2)43-33(3)40)19-18-29-42-44(7,8)38(4,5)6)28-30-41-39(35-20-12-9-13-21-35,36-22-14-10-15-23-36)37-24-16-11-17-25-37/h9-17,20-27,31-32,34H,18-19,28-30H2,1-8H3/b27-26+/t31-,32?,34-/m0/s1. The van der Waals surface area contributed by atoms with Crippen molar-refractivity contribution in [2.75, 3.05) is 13.2 Å². The molecule has 5 heteroatoms. The summed E-state index contributed by atoms with van der Waals surface area (Å²) in [5.41, 5.74) is 2.61. The number of esters is 1. The third kappa shape index (κ3) is 9.75. The lowest BCUT2D eigenvalue weighted by Crippen LogP contribution is -2.41. The highest BCUT2D eigenvalue weighted by atomic mass is 28.4. The summed E-state index contributed by atoms with van der Waals surface area (Å²) >= 11 is 0. The van der Waals surface area contributed by atoms with Crippen LogP contribution >= 0.6 is 0 Å². The smallest absolute Gasteiger partial charge is 0.303 e. The zero-order valence-electron chi connectivity index (χ0n) is 28.2. The fraction of sp³-hybridized carbons (Fsp3) is 0.462. The SMILES string of the molecule is CC(=O)OC(C)/C=C/[C@H](CCCO[Si](C)(C)C(C)(C)C)[C@@H](C)CCOC(c1ccccc1)(c1ccccc1)c1ccccc1. The number of carbonyl (C=O) groups is 1. The first-order valence-electron chi connectivity index (χ1n) is 16.2. The van der Waals surface area contributed by atoms with Crippen molar-refractivity contribution in [1.82, 2.24) is 0 Å². The summed E-state index contributed by atoms with van der Waals surface area (Å²) in [5.74, 6) is 0.393. The van der Waals surface area contributed by atoms with Crippen molar-refractivity contribution >= 4 is 14.3 Å². The molecule has 0 heterocycles. The summed E-state index contributed by atoms with van der Waals surface area (Å²) in [6.07, 6.45) is 6.87. The van der Waals surface area contributed by atoms with E-state index in [1.54, 1.807) is 0 Å². The average Bonchev–Trinajstić information content (AvgIpc) is 2.99. The molecule has 238 valence electrons. The van der Waals surface area contributed by atoms with E-state index < -0.39 is 13.9 Å². The van der Waals surface area contributed by atoms with Gasteiger partial charge in [-0.3, -0.25) is 4.79 Å². The molecule has 0 radical (unpaired) electrons. The van der Waals surface area contributed by atoms with Crippen LogP contribution in [0.3, 0.4) is 0 Å². The highest BCUT2D eigenvalue weighted by Crippen LogP contribution is 2.41. The van der Waals surface area contributed by atoms with Crippen molar-refractivity contribution in [3.05, 3.63) is 120 Å². The van der Waals surface area contributed by atoms with Gasteiger partial charge >= 0.3 is 5.97 Å². The summed E-state index contributed by atoms with van der Waals surface area (Å²) in [7, 11) is -1.79. The van der Waals surface area contributed by atoms with Gasteiger partial charge in [-0.25, -0.2) is 0 Å². The molecule has 0 saturated heterocycles. The molecule has 0 bridgehead atoms. The Balaban J connectivity index is 1.81. The minimum Gasteiger partial charge on any atom is -0.459 e. The van der Waals surface area contributed by atoms with E-state index in [2.05, 4.69) is 138 Å². The molecule has 0 aliphatic heterocycles. The summed E-state index contributed by atoms with van der Waals surface area (Å²) < 4.78 is 19.0. The number of ether oxygens (including phenoxy) is 2. The van der Waals surface area contributed by atoms with E-state index in [0.717, 1.165) is 42.6 Å². The fourth-order valence-corrected chi connectivity index (χ4v) is 6.50. The van der Waals surface area contributed by atoms with Gasteiger partial charge in [0.25, 0.3) is 0 Å². The molecule has 0 aliphatic rings. The van der Waals surface area contributed by atoms with Crippen LogP contribution < -0.4 is 0 Å². The minimum atomic E-state index is -1.79. The summed E-state index contributed by atoms with van der Waals surface area (Å²) in [6.45, 7) is 18.5. The number of hydrogen-bond donors (Lipinski definition) is 0. The van der Waals surface area contributed by atoms with E-state index in [9.17, 15) is 4.79 Å². The van der Waals surface area contributed by atoms with Crippen LogP contribution in [-0.2, 0) is 24.3 Å². The summed E-state index contributed by atoms with van der Waals surface area (Å²) in [5, 5.41) is 0.194. The number of hydrogen-bond acceptors (Lipinski definition) is 4. The minimum absolute atomic E-state index is 0.194. The van der Waals surface area contributed by atoms with Gasteiger partial charge < -0.3 is 13.9 Å². The highest BCUT2D eigenvalue weighted by Gasteiger charge is 2.38. The number of allylic oxidation sites excluding steroid dienone is 1. The highest BCUT2D eigenvalue weighted by molar-refractivity contribution is 6.74. The van der Waals surface area contributed by atoms with Crippen molar-refractivity contribution in [3.8, 4) is 0 Å². The molecule has 3 aromatic rings. The van der Waals surface area contributed by atoms with Crippen LogP contribution in [0.25, 0.3) is 0 Å². The van der Waals surface area contributed by atoms with Gasteiger partial charge in [0.15, 0.2) is 8.32 Å². The van der Waals surface area contributed by atoms with Crippen LogP contribution in [0.15, 0.2) is 103 Å². The van der Waals surface area contributed by atoms with Crippen LogP contribution in [0.1, 0.15) is 77.5 Å². The predicted molar refractivity (Wildman–Crippen MR) is 185 cm³/mol. The van der Waals surface area contributed by atoms with E-state index in [1.165, 1.54) is 6.92 Å². The van der Waals surface area contributed by atoms with Crippen LogP contribution in [0.4, 0.5) is 0 Å². The second-order valence-corrected chi connectivity index (χ2v) is 18.3. The van der Waals surface area contributed by atoms with E-state index in [0.29, 0.717) is 18.4 Å². The Hall–Kier alpha value is -2.99. The molecule has 0 amide bonds. The Labute approximate surface area is 268 Å². The topological polar surface area (TPSA) is 44.8 Å². The molecule has 0 saturated carbocycles. The first kappa shape index (κ1) is 35.5. The van der Waals surface area contributed by atoms with Crippen LogP contribution in [0.5, 0.6) is 0 Å². The Kier molecular flexibility index (Phi) is 13.2. The Morgan fingerprint density at radius 3 is 1.66 bits per heavy atom. The Morgan fingerprint density at radius 1 is 0.750 bits per heavy atom. The van der Waals surface area contributed by atoms with Crippen molar-refractivity contribution in [2.24, 2.45) is 11.8 Å². The molecule has 3 rings (SSSR count). The first-order chi connectivity index (χ1) is 20.9. The maximum Gasteiger partial charge on any atom is 0.303 e. The lowest BCUT2D eigenvalue weighted by Gasteiger charge is -2.37. The number of carbonyl (C=O) groups excluding carboxylic acids is 1. The molecule has 0 aliphatic carbocycles. The van der Waals surface area contributed by atoms with Crippen molar-refractivity contribution in [2.45, 2.75) is 90.6 Å². The second kappa shape index (κ2) is 16.4. The van der Waals surface area contributed by atoms with E-state index >= 15 is 0 Å². The maximum atomic E-state index is 11.5. The van der Waals surface area contributed by atoms with Gasteiger partial charge in [-0.2, -0.15) is 0 Å². The molecule has 0 fully saturated rings. The quantitative estimate of drug-likeness (QED) is 0.0530. The molecule has 4 nitrogen and oxygen atoms in total. The van der Waals surface area contributed by atoms with Crippen LogP contribution in [-0.4, -0.2) is 33.6 Å². The maximum absolute atomic E-state index is 11.5. The second-order valence-electron chi connectivity index (χ2n) is 13.5. The molecule has 0 N–H and O–H groups in total. The lowest BCUT2D eigenvalue weighted by atomic mass is 9.80. The lowest BCUT2D eigenvalue weighted by molar-refractivity contribution is -0.143. The molecule has 3 atom stereocenters. The van der Waals surface area contributed by atoms with Crippen molar-refractivity contribution < 1.29 is 18.7 Å². The van der Waals surface area contributed by atoms with Gasteiger partial charge in [-0.1, -0.05) is 125 Å². The summed E-state index contributed by atoms with van der Waals surface area (Å²) in [6, 6.07) is 31.6. The zero-order chi connectivity index (χ0) is 32.2. The monoisotopic (exact) mass is 614 g/mol. The van der Waals surface area contributed by atoms with Crippen molar-refractivity contribution in [1.29, 1.82) is 0 Å². The predicted octanol–water partition coefficient (Wildman–Crippen LogP) is 9.95. The van der Waals surface area contributed by atoms with E-state index in [1.807, 2.05) is 13.0 Å². The third-order valence-corrected chi connectivity index (χ3v) is 13.6. The molecule has 44 heavy (non-hydrogen) atoms. The number of rotatable bonds is 16. The van der Waals surface area contributed by atoms with Crippen LogP contribution in [0, 0.1) is 11.8 Å². The third-order valence-electron chi connectivity index (χ3n) is 9.10. The van der Waals surface area contributed by atoms with E-state index in [-0.39, 0.29) is 17.1 Å². The fourth-order valence-electron chi connectivity index (χ4n) is 5.41. The van der Waals surface area contributed by atoms with Gasteiger partial charge in [0, 0.05) is 20.1 Å². The van der Waals surface area contributed by atoms with Gasteiger partial charge in [0.2, 0.25) is 0 Å². The molecule has 0 spiro atoms. The van der Waals surface area contributed by atoms with Crippen molar-refractivity contribution in [3.63, 3.8) is 0 Å². The largest absolute Gasteiger partial charge is 0.459 e. The van der Waals surface area contributed by atoms with Gasteiger partial charge in [-0.15, -0.1) is 0 Å². The van der Waals surface area contributed by atoms with Gasteiger partial charge in [0.1, 0.15) is 11.7 Å². The number of benzene rings is 3. The average molecular weight is 615 g/mol. The molecular weight excluding hydrogens is 561 g/mol. The Bertz CT molecular complexity index is 1190. The first-order valence-corrected chi connectivity index (χ1v) is 19.1. The van der Waals surface area contributed by atoms with Crippen LogP contribution in [0.2, 0.25) is 18.1 Å². The van der Waals surface area contributed by atoms with E-state index in [4.69, 9.17) is 13.9 Å². The summed E-state index contributed by atoms with van der Waals surface area (Å²) in [4.78, 5) is 11.5. The van der Waals surface area contributed by atoms with Gasteiger partial charge in [-0.05, 0) is 78.9 Å². The zero-order valence-corrected chi connectivity index (χ0v) is 29.2. The van der Waals surface area contributed by atoms with Gasteiger partial charge in [0.05, 0.1) is 0 Å². The molecule has 1 unspecified atom stereocenters. The molecule has 3 aromatic carbocycles. The normalized spacial score (nSPS) is 14.7.